The highest BCUT2D eigenvalue weighted by atomic mass is 79.9. The van der Waals surface area contributed by atoms with Crippen molar-refractivity contribution in [2.75, 3.05) is 0 Å². The number of pyridine rings is 1. The van der Waals surface area contributed by atoms with E-state index in [1.165, 1.54) is 0 Å². The molecule has 0 bridgehead atoms. The maximum Gasteiger partial charge on any atom is 0.190 e. The zero-order valence-corrected chi connectivity index (χ0v) is 14.3. The van der Waals surface area contributed by atoms with Crippen LogP contribution >= 0.6 is 15.9 Å². The average molecular weight is 368 g/mol. The Balaban J connectivity index is 2.06. The van der Waals surface area contributed by atoms with Crippen LogP contribution in [-0.4, -0.2) is 26.6 Å². The topological polar surface area (TPSA) is 46.7 Å². The van der Waals surface area contributed by atoms with Crippen molar-refractivity contribution in [3.8, 4) is 0 Å². The Labute approximate surface area is 142 Å². The predicted molar refractivity (Wildman–Crippen MR) is 93.4 cm³/mol. The van der Waals surface area contributed by atoms with Crippen LogP contribution in [0.15, 0.2) is 58.3 Å². The number of rotatable bonds is 1. The summed E-state index contributed by atoms with van der Waals surface area (Å²) in [6.45, 7) is 3.71. The lowest BCUT2D eigenvalue weighted by Crippen LogP contribution is -2.36. The van der Waals surface area contributed by atoms with Gasteiger partial charge in [-0.15, -0.1) is 0 Å². The minimum atomic E-state index is -0.779. The second-order valence-corrected chi connectivity index (χ2v) is 6.96. The third kappa shape index (κ3) is 2.07. The first-order valence-corrected chi connectivity index (χ1v) is 8.14. The van der Waals surface area contributed by atoms with Crippen LogP contribution in [0, 0.1) is 0 Å². The van der Waals surface area contributed by atoms with Crippen LogP contribution in [0.3, 0.4) is 0 Å². The normalized spacial score (nSPS) is 16.3. The van der Waals surface area contributed by atoms with Gasteiger partial charge in [-0.1, -0.05) is 24.3 Å². The average Bonchev–Trinajstić information content (AvgIpc) is 2.96. The van der Waals surface area contributed by atoms with Crippen LogP contribution in [0.25, 0.3) is 5.52 Å². The molecule has 0 saturated heterocycles. The maximum absolute atomic E-state index is 12.6. The number of benzene rings is 1. The standard InChI is InChI=1S/C18H14BrN3O/c1-18(2)17(23)12-7-4-3-6-11(12)15(21-18)13-10-20-22-9-5-8-14(19)16(13)22/h3-10H,1-2H3. The summed E-state index contributed by atoms with van der Waals surface area (Å²) in [6.07, 6.45) is 3.71. The number of carbonyl (C=O) groups excluding carboxylic acids is 1. The van der Waals surface area contributed by atoms with E-state index < -0.39 is 5.54 Å². The van der Waals surface area contributed by atoms with Crippen molar-refractivity contribution in [1.29, 1.82) is 0 Å². The molecule has 1 aliphatic rings. The summed E-state index contributed by atoms with van der Waals surface area (Å²) >= 11 is 3.59. The van der Waals surface area contributed by atoms with Gasteiger partial charge < -0.3 is 0 Å². The monoisotopic (exact) mass is 367 g/mol. The van der Waals surface area contributed by atoms with E-state index in [0.717, 1.165) is 26.8 Å². The van der Waals surface area contributed by atoms with Crippen molar-refractivity contribution in [2.45, 2.75) is 19.4 Å². The first-order valence-electron chi connectivity index (χ1n) is 7.35. The molecule has 3 aromatic rings. The minimum absolute atomic E-state index is 0.0485. The Kier molecular flexibility index (Phi) is 3.03. The van der Waals surface area contributed by atoms with Crippen molar-refractivity contribution in [1.82, 2.24) is 9.61 Å². The quantitative estimate of drug-likeness (QED) is 0.654. The van der Waals surface area contributed by atoms with Gasteiger partial charge in [0.1, 0.15) is 5.54 Å². The molecule has 0 N–H and O–H groups in total. The van der Waals surface area contributed by atoms with Gasteiger partial charge in [0.25, 0.3) is 0 Å². The van der Waals surface area contributed by atoms with Crippen molar-refractivity contribution < 1.29 is 4.79 Å². The van der Waals surface area contributed by atoms with Crippen LogP contribution in [-0.2, 0) is 0 Å². The van der Waals surface area contributed by atoms with E-state index >= 15 is 0 Å². The fourth-order valence-corrected chi connectivity index (χ4v) is 3.54. The molecule has 5 heteroatoms. The summed E-state index contributed by atoms with van der Waals surface area (Å²) in [6, 6.07) is 11.5. The first kappa shape index (κ1) is 14.3. The lowest BCUT2D eigenvalue weighted by molar-refractivity contribution is 0.0912. The molecule has 23 heavy (non-hydrogen) atoms. The highest BCUT2D eigenvalue weighted by molar-refractivity contribution is 9.10. The van der Waals surface area contributed by atoms with E-state index in [9.17, 15) is 4.79 Å². The Bertz CT molecular complexity index is 985. The largest absolute Gasteiger partial charge is 0.291 e. The molecule has 0 aliphatic carbocycles. The van der Waals surface area contributed by atoms with Crippen molar-refractivity contribution in [3.63, 3.8) is 0 Å². The van der Waals surface area contributed by atoms with E-state index in [1.54, 1.807) is 0 Å². The molecule has 0 unspecified atom stereocenters. The summed E-state index contributed by atoms with van der Waals surface area (Å²) < 4.78 is 2.76. The van der Waals surface area contributed by atoms with Crippen molar-refractivity contribution in [2.24, 2.45) is 4.99 Å². The number of carbonyl (C=O) groups is 1. The lowest BCUT2D eigenvalue weighted by atomic mass is 9.84. The van der Waals surface area contributed by atoms with E-state index in [1.807, 2.05) is 67.2 Å². The number of nitrogens with zero attached hydrogens (tertiary/aromatic N) is 3. The molecule has 2 aromatic heterocycles. The molecule has 4 nitrogen and oxygen atoms in total. The summed E-state index contributed by atoms with van der Waals surface area (Å²) in [5.74, 6) is 0.0485. The molecule has 4 rings (SSSR count). The zero-order valence-electron chi connectivity index (χ0n) is 12.7. The van der Waals surface area contributed by atoms with Crippen LogP contribution in [0.5, 0.6) is 0 Å². The van der Waals surface area contributed by atoms with Gasteiger partial charge in [-0.05, 0) is 41.9 Å². The van der Waals surface area contributed by atoms with E-state index in [2.05, 4.69) is 21.0 Å². The zero-order chi connectivity index (χ0) is 16.2. The Morgan fingerprint density at radius 1 is 1.04 bits per heavy atom. The molecule has 0 spiro atoms. The van der Waals surface area contributed by atoms with Gasteiger partial charge in [-0.25, -0.2) is 4.52 Å². The molecule has 0 atom stereocenters. The highest BCUT2D eigenvalue weighted by Gasteiger charge is 2.36. The summed E-state index contributed by atoms with van der Waals surface area (Å²) in [7, 11) is 0. The van der Waals surface area contributed by atoms with Gasteiger partial charge in [0.15, 0.2) is 5.78 Å². The Morgan fingerprint density at radius 3 is 2.57 bits per heavy atom. The Morgan fingerprint density at radius 2 is 1.78 bits per heavy atom. The van der Waals surface area contributed by atoms with Crippen molar-refractivity contribution >= 4 is 32.9 Å². The fraction of sp³-hybridized carbons (Fsp3) is 0.167. The summed E-state index contributed by atoms with van der Waals surface area (Å²) in [5.41, 5.74) is 3.49. The molecule has 0 saturated carbocycles. The molecule has 1 aromatic carbocycles. The number of hydrogen-bond donors (Lipinski definition) is 0. The number of fused-ring (bicyclic) bond motifs is 2. The van der Waals surface area contributed by atoms with E-state index in [0.29, 0.717) is 5.56 Å². The molecule has 1 aliphatic heterocycles. The van der Waals surface area contributed by atoms with Crippen LogP contribution in [0.2, 0.25) is 0 Å². The second kappa shape index (κ2) is 4.86. The highest BCUT2D eigenvalue weighted by Crippen LogP contribution is 2.32. The summed E-state index contributed by atoms with van der Waals surface area (Å²) in [5, 5.41) is 4.42. The summed E-state index contributed by atoms with van der Waals surface area (Å²) in [4.78, 5) is 17.4. The number of halogens is 1. The Hall–Kier alpha value is -2.27. The SMILES string of the molecule is CC1(C)N=C(c2cnn3cccc(Br)c23)c2ccccc2C1=O. The number of aliphatic imine (C=N–C) groups is 1. The van der Waals surface area contributed by atoms with Crippen molar-refractivity contribution in [3.05, 3.63) is 70.0 Å². The third-order valence-electron chi connectivity index (χ3n) is 4.12. The van der Waals surface area contributed by atoms with Gasteiger partial charge in [-0.2, -0.15) is 5.10 Å². The third-order valence-corrected chi connectivity index (χ3v) is 4.76. The fourth-order valence-electron chi connectivity index (χ4n) is 2.99. The molecular formula is C18H14BrN3O. The van der Waals surface area contributed by atoms with Gasteiger partial charge in [0, 0.05) is 27.4 Å². The van der Waals surface area contributed by atoms with Gasteiger partial charge in [0.05, 0.1) is 17.4 Å². The number of ketones is 1. The molecule has 0 amide bonds. The molecular weight excluding hydrogens is 354 g/mol. The molecule has 0 fully saturated rings. The predicted octanol–water partition coefficient (Wildman–Crippen LogP) is 3.91. The van der Waals surface area contributed by atoms with Gasteiger partial charge in [-0.3, -0.25) is 9.79 Å². The molecule has 0 radical (unpaired) electrons. The molecule has 114 valence electrons. The lowest BCUT2D eigenvalue weighted by Gasteiger charge is -2.27. The minimum Gasteiger partial charge on any atom is -0.291 e. The van der Waals surface area contributed by atoms with Crippen LogP contribution < -0.4 is 0 Å². The smallest absolute Gasteiger partial charge is 0.190 e. The van der Waals surface area contributed by atoms with E-state index in [-0.39, 0.29) is 5.78 Å². The number of Topliss-reactive ketones (excluding diaryl/α,β-unsaturated/α-hetero) is 1. The number of hydrogen-bond acceptors (Lipinski definition) is 3. The maximum atomic E-state index is 12.6. The van der Waals surface area contributed by atoms with Crippen LogP contribution in [0.4, 0.5) is 0 Å². The van der Waals surface area contributed by atoms with Gasteiger partial charge in [0.2, 0.25) is 0 Å². The second-order valence-electron chi connectivity index (χ2n) is 6.10. The van der Waals surface area contributed by atoms with Gasteiger partial charge >= 0.3 is 0 Å². The van der Waals surface area contributed by atoms with Crippen LogP contribution in [0.1, 0.15) is 35.3 Å². The van der Waals surface area contributed by atoms with E-state index in [4.69, 9.17) is 4.99 Å². The number of aromatic nitrogens is 2. The molecule has 3 heterocycles. The first-order chi connectivity index (χ1) is 11.0.